The minimum absolute atomic E-state index is 0.219. The molecule has 1 aliphatic rings. The van der Waals surface area contributed by atoms with Crippen LogP contribution < -0.4 is 5.32 Å². The van der Waals surface area contributed by atoms with E-state index in [-0.39, 0.29) is 11.8 Å². The van der Waals surface area contributed by atoms with Gasteiger partial charge in [0, 0.05) is 0 Å². The first-order chi connectivity index (χ1) is 9.86. The van der Waals surface area contributed by atoms with Crippen LogP contribution >= 0.6 is 0 Å². The molecule has 0 bridgehead atoms. The number of carboxylic acid groups (broad SMARTS) is 1. The van der Waals surface area contributed by atoms with Crippen LogP contribution in [0.5, 0.6) is 0 Å². The molecule has 0 saturated heterocycles. The van der Waals surface area contributed by atoms with E-state index in [0.717, 1.165) is 12.8 Å². The molecule has 3 atom stereocenters. The first-order valence-corrected chi connectivity index (χ1v) is 7.47. The van der Waals surface area contributed by atoms with Gasteiger partial charge in [-0.15, -0.1) is 0 Å². The molecule has 0 aromatic rings. The van der Waals surface area contributed by atoms with Crippen LogP contribution in [0.1, 0.15) is 46.0 Å². The van der Waals surface area contributed by atoms with E-state index in [1.807, 2.05) is 13.8 Å². The number of aliphatic carboxylic acids is 1. The number of amides is 1. The molecule has 0 radical (unpaired) electrons. The Hall–Kier alpha value is -1.59. The van der Waals surface area contributed by atoms with Crippen LogP contribution in [0.4, 0.5) is 0 Å². The highest BCUT2D eigenvalue weighted by atomic mass is 16.5. The van der Waals surface area contributed by atoms with Crippen molar-refractivity contribution < 1.29 is 24.2 Å². The highest BCUT2D eigenvalue weighted by molar-refractivity contribution is 5.88. The molecule has 6 heteroatoms. The van der Waals surface area contributed by atoms with Gasteiger partial charge in [-0.1, -0.05) is 26.7 Å². The lowest BCUT2D eigenvalue weighted by Crippen LogP contribution is -2.47. The highest BCUT2D eigenvalue weighted by Crippen LogP contribution is 2.30. The number of methoxy groups -OCH3 is 1. The lowest BCUT2D eigenvalue weighted by molar-refractivity contribution is -0.150. The Morgan fingerprint density at radius 2 is 1.76 bits per heavy atom. The van der Waals surface area contributed by atoms with Crippen molar-refractivity contribution >= 4 is 17.8 Å². The summed E-state index contributed by atoms with van der Waals surface area (Å²) in [7, 11) is 1.28. The van der Waals surface area contributed by atoms with Gasteiger partial charge >= 0.3 is 11.9 Å². The van der Waals surface area contributed by atoms with Gasteiger partial charge in [0.25, 0.3) is 0 Å². The average molecular weight is 299 g/mol. The Morgan fingerprint density at radius 1 is 1.19 bits per heavy atom. The van der Waals surface area contributed by atoms with Crippen molar-refractivity contribution in [2.75, 3.05) is 7.11 Å². The summed E-state index contributed by atoms with van der Waals surface area (Å²) in [6, 6.07) is -0.709. The lowest BCUT2D eigenvalue weighted by Gasteiger charge is -2.29. The van der Waals surface area contributed by atoms with Gasteiger partial charge in [-0.3, -0.25) is 9.59 Å². The van der Waals surface area contributed by atoms with Crippen LogP contribution in [0, 0.1) is 17.8 Å². The summed E-state index contributed by atoms with van der Waals surface area (Å²) >= 11 is 0. The number of carbonyl (C=O) groups excluding carboxylic acids is 2. The van der Waals surface area contributed by atoms with Crippen LogP contribution in [0.3, 0.4) is 0 Å². The summed E-state index contributed by atoms with van der Waals surface area (Å²) in [4.78, 5) is 35.3. The third-order valence-corrected chi connectivity index (χ3v) is 3.93. The topological polar surface area (TPSA) is 92.7 Å². The molecule has 1 rings (SSSR count). The summed E-state index contributed by atoms with van der Waals surface area (Å²) in [6.45, 7) is 3.89. The van der Waals surface area contributed by atoms with Gasteiger partial charge in [0.05, 0.1) is 18.9 Å². The normalized spacial score (nSPS) is 23.4. The number of carboxylic acids is 1. The smallest absolute Gasteiger partial charge is 0.328 e. The molecule has 0 spiro atoms. The molecule has 1 unspecified atom stereocenters. The molecular formula is C15H25NO5. The first kappa shape index (κ1) is 17.5. The van der Waals surface area contributed by atoms with Crippen molar-refractivity contribution in [3.05, 3.63) is 0 Å². The van der Waals surface area contributed by atoms with Crippen LogP contribution in [-0.4, -0.2) is 36.1 Å². The summed E-state index contributed by atoms with van der Waals surface area (Å²) < 4.78 is 4.71. The molecule has 2 N–H and O–H groups in total. The summed E-state index contributed by atoms with van der Waals surface area (Å²) in [5.74, 6) is -2.77. The van der Waals surface area contributed by atoms with Gasteiger partial charge in [-0.25, -0.2) is 4.79 Å². The number of hydrogen-bond donors (Lipinski definition) is 2. The molecule has 0 heterocycles. The number of rotatable bonds is 6. The van der Waals surface area contributed by atoms with Gasteiger partial charge in [0.15, 0.2) is 0 Å². The average Bonchev–Trinajstić information content (AvgIpc) is 2.45. The molecule has 0 aromatic carbocycles. The molecule has 0 aliphatic heterocycles. The number of carbonyl (C=O) groups is 3. The number of nitrogens with one attached hydrogen (secondary N) is 1. The molecule has 0 aromatic heterocycles. The van der Waals surface area contributed by atoms with Crippen LogP contribution in [-0.2, 0) is 19.1 Å². The van der Waals surface area contributed by atoms with E-state index < -0.39 is 29.8 Å². The van der Waals surface area contributed by atoms with Crippen molar-refractivity contribution in [3.8, 4) is 0 Å². The molecule has 1 fully saturated rings. The lowest BCUT2D eigenvalue weighted by atomic mass is 9.78. The zero-order valence-electron chi connectivity index (χ0n) is 12.9. The SMILES string of the molecule is COC(=O)C(CC(C)C)NC(=O)[C@@H]1CCCC[C@@H]1C(=O)O. The molecule has 1 saturated carbocycles. The van der Waals surface area contributed by atoms with E-state index in [1.54, 1.807) is 0 Å². The maximum Gasteiger partial charge on any atom is 0.328 e. The quantitative estimate of drug-likeness (QED) is 0.726. The largest absolute Gasteiger partial charge is 0.481 e. The van der Waals surface area contributed by atoms with Crippen molar-refractivity contribution in [2.45, 2.75) is 52.0 Å². The molecule has 1 amide bonds. The summed E-state index contributed by atoms with van der Waals surface area (Å²) in [5, 5.41) is 11.9. The molecular weight excluding hydrogens is 274 g/mol. The fourth-order valence-electron chi connectivity index (χ4n) is 2.85. The second-order valence-electron chi connectivity index (χ2n) is 6.05. The van der Waals surface area contributed by atoms with Gasteiger partial charge in [0.2, 0.25) is 5.91 Å². The molecule has 1 aliphatic carbocycles. The van der Waals surface area contributed by atoms with Crippen LogP contribution in [0.25, 0.3) is 0 Å². The zero-order valence-corrected chi connectivity index (χ0v) is 12.9. The van der Waals surface area contributed by atoms with E-state index in [1.165, 1.54) is 7.11 Å². The first-order valence-electron chi connectivity index (χ1n) is 7.47. The van der Waals surface area contributed by atoms with Crippen LogP contribution in [0.2, 0.25) is 0 Å². The highest BCUT2D eigenvalue weighted by Gasteiger charge is 2.37. The Kier molecular flexibility index (Phi) is 6.65. The van der Waals surface area contributed by atoms with Gasteiger partial charge in [-0.05, 0) is 25.2 Å². The standard InChI is InChI=1S/C15H25NO5/c1-9(2)8-12(15(20)21-3)16-13(17)10-6-4-5-7-11(10)14(18)19/h9-12H,4-8H2,1-3H3,(H,16,17)(H,18,19)/t10-,11+,12?/m1/s1. The third kappa shape index (κ3) is 5.02. The van der Waals surface area contributed by atoms with Crippen molar-refractivity contribution in [3.63, 3.8) is 0 Å². The Bertz CT molecular complexity index is 394. The maximum atomic E-state index is 12.3. The Morgan fingerprint density at radius 3 is 2.24 bits per heavy atom. The molecule has 21 heavy (non-hydrogen) atoms. The number of esters is 1. The summed E-state index contributed by atoms with van der Waals surface area (Å²) in [6.07, 6.45) is 3.21. The van der Waals surface area contributed by atoms with E-state index in [0.29, 0.717) is 19.3 Å². The van der Waals surface area contributed by atoms with E-state index >= 15 is 0 Å². The van der Waals surface area contributed by atoms with Gasteiger partial charge < -0.3 is 15.2 Å². The van der Waals surface area contributed by atoms with Gasteiger partial charge in [0.1, 0.15) is 6.04 Å². The Balaban J connectivity index is 2.74. The van der Waals surface area contributed by atoms with E-state index in [2.05, 4.69) is 5.32 Å². The number of ether oxygens (including phenoxy) is 1. The fraction of sp³-hybridized carbons (Fsp3) is 0.800. The maximum absolute atomic E-state index is 12.3. The minimum Gasteiger partial charge on any atom is -0.481 e. The fourth-order valence-corrected chi connectivity index (χ4v) is 2.85. The second kappa shape index (κ2) is 8.00. The third-order valence-electron chi connectivity index (χ3n) is 3.93. The molecule has 120 valence electrons. The number of hydrogen-bond acceptors (Lipinski definition) is 4. The monoisotopic (exact) mass is 299 g/mol. The molecule has 6 nitrogen and oxygen atoms in total. The van der Waals surface area contributed by atoms with E-state index in [9.17, 15) is 19.5 Å². The zero-order chi connectivity index (χ0) is 16.0. The van der Waals surface area contributed by atoms with Crippen molar-refractivity contribution in [1.29, 1.82) is 0 Å². The predicted molar refractivity (Wildman–Crippen MR) is 76.5 cm³/mol. The minimum atomic E-state index is -0.937. The second-order valence-corrected chi connectivity index (χ2v) is 6.05. The predicted octanol–water partition coefficient (Wildman–Crippen LogP) is 1.58. The van der Waals surface area contributed by atoms with Gasteiger partial charge in [-0.2, -0.15) is 0 Å². The Labute approximate surface area is 125 Å². The van der Waals surface area contributed by atoms with Crippen LogP contribution in [0.15, 0.2) is 0 Å². The van der Waals surface area contributed by atoms with E-state index in [4.69, 9.17) is 4.74 Å². The van der Waals surface area contributed by atoms with Crippen molar-refractivity contribution in [1.82, 2.24) is 5.32 Å². The van der Waals surface area contributed by atoms with Crippen molar-refractivity contribution in [2.24, 2.45) is 17.8 Å². The summed E-state index contributed by atoms with van der Waals surface area (Å²) in [5.41, 5.74) is 0.